The molecule has 0 bridgehead atoms. The maximum Gasteiger partial charge on any atom is 0.328 e. The highest BCUT2D eigenvalue weighted by molar-refractivity contribution is 6.85. The standard InChI is InChI=1S/C102H120B2N8O2/c1-4-6-8-10-12-14-16-18-20-22-24-26-28-30-32-34-36-54-76-113-87-72-68-81(69-73-87)99-96-97(102(98(106-3)95-80-108-91-65-51-53-67-93(91)110-95)112(99)104(85-60-46-40-47-61-85)86-62-48-41-49-63-86)100(82-70-74-88(75-71-82)114-77-55-37-35-33-31-29-27-25-23-21-19-17-15-13-11-9-7-5-2)111(103(83-56-42-38-43-57-83)84-58-44-39-45-59-84)101(96)89(78-105)94-79-107-90-64-50-52-66-92(90)109-94/h38-53,56-75,79-80H,4-37,54-55,76-77H2,1-2H3/b101-89-,102-98+. The number of hydrogen-bond donors (Lipinski definition) is 0. The predicted molar refractivity (Wildman–Crippen MR) is 482 cm³/mol. The van der Waals surface area contributed by atoms with Gasteiger partial charge < -0.3 is 18.4 Å². The van der Waals surface area contributed by atoms with Crippen molar-refractivity contribution in [2.24, 2.45) is 0 Å². The number of benzene rings is 8. The molecule has 4 heterocycles. The number of nitrogens with zero attached hydrogens (tertiary/aromatic N) is 8. The lowest BCUT2D eigenvalue weighted by atomic mass is 9.50. The molecule has 8 aromatic carbocycles. The Balaban J connectivity index is 0.957. The second-order valence-electron chi connectivity index (χ2n) is 31.5. The molecule has 0 amide bonds. The zero-order valence-electron chi connectivity index (χ0n) is 68.4. The lowest BCUT2D eigenvalue weighted by molar-refractivity contribution is 0.304. The van der Waals surface area contributed by atoms with Crippen LogP contribution in [-0.4, -0.2) is 55.8 Å². The third-order valence-electron chi connectivity index (χ3n) is 23.0. The van der Waals surface area contributed by atoms with Gasteiger partial charge in [-0.3, -0.25) is 15.0 Å². The minimum absolute atomic E-state index is 0.292. The molecule has 0 radical (unpaired) electrons. The molecule has 586 valence electrons. The Morgan fingerprint density at radius 1 is 0.342 bits per heavy atom. The first kappa shape index (κ1) is 83.1. The van der Waals surface area contributed by atoms with Gasteiger partial charge in [-0.15, -0.1) is 0 Å². The van der Waals surface area contributed by atoms with Crippen molar-refractivity contribution < 1.29 is 9.47 Å². The molecule has 0 fully saturated rings. The Morgan fingerprint density at radius 3 is 0.947 bits per heavy atom. The molecule has 0 aliphatic heterocycles. The van der Waals surface area contributed by atoms with Gasteiger partial charge in [0, 0.05) is 33.7 Å². The first-order valence-corrected chi connectivity index (χ1v) is 44.0. The zero-order chi connectivity index (χ0) is 78.4. The van der Waals surface area contributed by atoms with E-state index < -0.39 is 13.7 Å². The first-order chi connectivity index (χ1) is 56.6. The van der Waals surface area contributed by atoms with Gasteiger partial charge in [-0.1, -0.05) is 400 Å². The molecule has 114 heavy (non-hydrogen) atoms. The Labute approximate surface area is 681 Å². The van der Waals surface area contributed by atoms with E-state index in [1.54, 1.807) is 12.4 Å². The van der Waals surface area contributed by atoms with Gasteiger partial charge in [0.05, 0.1) is 59.1 Å². The molecule has 0 saturated carbocycles. The van der Waals surface area contributed by atoms with Crippen LogP contribution in [0.2, 0.25) is 0 Å². The van der Waals surface area contributed by atoms with Crippen LogP contribution in [0.3, 0.4) is 0 Å². The van der Waals surface area contributed by atoms with Gasteiger partial charge in [0.25, 0.3) is 0 Å². The maximum atomic E-state index is 12.6. The average Bonchev–Trinajstić information content (AvgIpc) is 1.52. The Hall–Kier alpha value is -10.3. The fraction of sp³-hybridized carbons (Fsp3) is 0.392. The molecule has 0 saturated heterocycles. The average molecular weight is 1510 g/mol. The number of para-hydroxylation sites is 4. The van der Waals surface area contributed by atoms with Crippen LogP contribution in [0.5, 0.6) is 11.5 Å². The summed E-state index contributed by atoms with van der Waals surface area (Å²) in [5.74, 6) is 1.54. The van der Waals surface area contributed by atoms with E-state index in [9.17, 15) is 11.8 Å². The van der Waals surface area contributed by atoms with Crippen molar-refractivity contribution in [3.63, 3.8) is 0 Å². The van der Waals surface area contributed by atoms with E-state index in [2.05, 4.69) is 199 Å². The molecular weight excluding hydrogens is 1390 g/mol. The molecule has 4 aromatic heterocycles. The summed E-state index contributed by atoms with van der Waals surface area (Å²) in [6.07, 6.45) is 51.2. The van der Waals surface area contributed by atoms with Crippen molar-refractivity contribution >= 4 is 79.7 Å². The Bertz CT molecular complexity index is 4670. The number of unbranched alkanes of at least 4 members (excludes halogenated alkanes) is 34. The summed E-state index contributed by atoms with van der Waals surface area (Å²) in [5, 5.41) is 15.3. The normalized spacial score (nSPS) is 12.0. The molecule has 0 aliphatic rings. The van der Waals surface area contributed by atoms with Crippen molar-refractivity contribution in [2.75, 3.05) is 13.2 Å². The van der Waals surface area contributed by atoms with Crippen molar-refractivity contribution in [1.82, 2.24) is 28.9 Å². The third-order valence-corrected chi connectivity index (χ3v) is 23.0. The number of ether oxygens (including phenoxy) is 2. The van der Waals surface area contributed by atoms with Crippen LogP contribution in [0.25, 0.3) is 71.5 Å². The molecule has 0 spiro atoms. The lowest BCUT2D eigenvalue weighted by Crippen LogP contribution is -2.54. The molecule has 0 unspecified atom stereocenters. The van der Waals surface area contributed by atoms with E-state index in [4.69, 9.17) is 34.3 Å². The fourth-order valence-corrected chi connectivity index (χ4v) is 16.9. The van der Waals surface area contributed by atoms with Crippen molar-refractivity contribution in [3.8, 4) is 40.1 Å². The highest BCUT2D eigenvalue weighted by Crippen LogP contribution is 2.38. The smallest absolute Gasteiger partial charge is 0.328 e. The zero-order valence-corrected chi connectivity index (χ0v) is 68.4. The van der Waals surface area contributed by atoms with Gasteiger partial charge in [-0.05, 0) is 96.8 Å². The SMILES string of the molecule is [C-]#[N+]/C(c1cnc2ccccc2n1)=c1\c2c(-c3ccc(OCCCCCCCCCCCCCCCCCCCC)cc3)n(B(c3ccccc3)c3ccccc3)/c(=C(/C#N)c3cnc4ccccc4n3)c2c(-c2ccc(OCCCCCCCCCCCCCCCCCCCC)cc2)n1B(c1ccccc1)c1ccccc1. The molecule has 12 heteroatoms. The molecule has 10 nitrogen and oxygen atoms in total. The van der Waals surface area contributed by atoms with E-state index in [-0.39, 0.29) is 0 Å². The number of fused-ring (bicyclic) bond motifs is 3. The molecule has 0 N–H and O–H groups in total. The highest BCUT2D eigenvalue weighted by Gasteiger charge is 2.37. The fourth-order valence-electron chi connectivity index (χ4n) is 16.9. The van der Waals surface area contributed by atoms with E-state index in [0.717, 1.165) is 97.8 Å². The minimum Gasteiger partial charge on any atom is -0.494 e. The van der Waals surface area contributed by atoms with Crippen LogP contribution < -0.4 is 42.0 Å². The van der Waals surface area contributed by atoms with Crippen LogP contribution in [0, 0.1) is 17.9 Å². The van der Waals surface area contributed by atoms with Crippen LogP contribution in [0.1, 0.15) is 256 Å². The van der Waals surface area contributed by atoms with Crippen LogP contribution >= 0.6 is 0 Å². The van der Waals surface area contributed by atoms with Gasteiger partial charge in [0.1, 0.15) is 28.8 Å². The van der Waals surface area contributed by atoms with Gasteiger partial charge in [0.15, 0.2) is 0 Å². The highest BCUT2D eigenvalue weighted by atomic mass is 16.5. The maximum absolute atomic E-state index is 12.6. The van der Waals surface area contributed by atoms with Gasteiger partial charge in [0.2, 0.25) is 5.70 Å². The van der Waals surface area contributed by atoms with Crippen LogP contribution in [0.15, 0.2) is 231 Å². The number of hydrogen-bond acceptors (Lipinski definition) is 7. The Kier molecular flexibility index (Phi) is 33.7. The topological polar surface area (TPSA) is 108 Å². The number of aromatic nitrogens is 6. The number of rotatable bonds is 50. The van der Waals surface area contributed by atoms with Crippen molar-refractivity contribution in [2.45, 2.75) is 245 Å². The van der Waals surface area contributed by atoms with Crippen molar-refractivity contribution in [3.05, 3.63) is 264 Å². The number of nitriles is 1. The van der Waals surface area contributed by atoms with E-state index in [0.29, 0.717) is 63.1 Å². The summed E-state index contributed by atoms with van der Waals surface area (Å²) in [4.78, 5) is 25.7. The Morgan fingerprint density at radius 2 is 0.623 bits per heavy atom. The molecule has 12 aromatic rings. The van der Waals surface area contributed by atoms with Gasteiger partial charge in [-0.25, -0.2) is 9.83 Å². The summed E-state index contributed by atoms with van der Waals surface area (Å²) < 4.78 is 18.2. The van der Waals surface area contributed by atoms with Gasteiger partial charge in [-0.2, -0.15) is 5.26 Å². The van der Waals surface area contributed by atoms with Crippen LogP contribution in [-0.2, 0) is 0 Å². The summed E-state index contributed by atoms with van der Waals surface area (Å²) in [7, 11) is 0. The first-order valence-electron chi connectivity index (χ1n) is 44.0. The van der Waals surface area contributed by atoms with Gasteiger partial charge >= 0.3 is 13.7 Å². The second kappa shape index (κ2) is 46.2. The largest absolute Gasteiger partial charge is 0.494 e. The molecule has 0 atom stereocenters. The van der Waals surface area contributed by atoms with Crippen molar-refractivity contribution in [1.29, 1.82) is 5.26 Å². The predicted octanol–water partition coefficient (Wildman–Crippen LogP) is 23.6. The molecular formula is C102H120B2N8O2. The monoisotopic (exact) mass is 1510 g/mol. The van der Waals surface area contributed by atoms with E-state index >= 15 is 0 Å². The lowest BCUT2D eigenvalue weighted by Gasteiger charge is -2.24. The summed E-state index contributed by atoms with van der Waals surface area (Å²) in [6, 6.07) is 78.0. The summed E-state index contributed by atoms with van der Waals surface area (Å²) in [6.45, 7) is 14.5. The summed E-state index contributed by atoms with van der Waals surface area (Å²) in [5.41, 5.74) is 11.4. The van der Waals surface area contributed by atoms with E-state index in [1.807, 2.05) is 48.5 Å². The quantitative estimate of drug-likeness (QED) is 0.0212. The third kappa shape index (κ3) is 23.0. The molecule has 0 aliphatic carbocycles. The molecule has 12 rings (SSSR count). The van der Waals surface area contributed by atoms with Crippen LogP contribution in [0.4, 0.5) is 0 Å². The minimum atomic E-state index is -0.568. The summed E-state index contributed by atoms with van der Waals surface area (Å²) >= 11 is 0. The van der Waals surface area contributed by atoms with E-state index in [1.165, 1.54) is 205 Å². The second-order valence-corrected chi connectivity index (χ2v) is 31.5.